The Morgan fingerprint density at radius 3 is 2.45 bits per heavy atom. The average Bonchev–Trinajstić information content (AvgIpc) is 3.42. The van der Waals surface area contributed by atoms with Crippen molar-refractivity contribution in [1.82, 2.24) is 24.9 Å². The van der Waals surface area contributed by atoms with Crippen molar-refractivity contribution in [3.05, 3.63) is 91.0 Å². The fraction of sp³-hybridized carbons (Fsp3) is 0.161. The minimum atomic E-state index is 0.725. The van der Waals surface area contributed by atoms with Crippen molar-refractivity contribution in [2.24, 2.45) is 0 Å². The van der Waals surface area contributed by atoms with Crippen LogP contribution in [0.2, 0.25) is 0 Å². The van der Waals surface area contributed by atoms with Crippen LogP contribution in [-0.4, -0.2) is 51.2 Å². The number of pyridine rings is 3. The molecule has 9 nitrogen and oxygen atoms in total. The van der Waals surface area contributed by atoms with Gasteiger partial charge in [0.2, 0.25) is 0 Å². The second kappa shape index (κ2) is 10.3. The molecule has 4 aromatic heterocycles. The van der Waals surface area contributed by atoms with Gasteiger partial charge in [0, 0.05) is 59.3 Å². The number of morpholine rings is 1. The van der Waals surface area contributed by atoms with Crippen molar-refractivity contribution in [3.8, 4) is 11.5 Å². The minimum absolute atomic E-state index is 0.725. The van der Waals surface area contributed by atoms with Gasteiger partial charge in [-0.25, -0.2) is 4.98 Å². The molecule has 40 heavy (non-hydrogen) atoms. The van der Waals surface area contributed by atoms with E-state index in [0.717, 1.165) is 88.2 Å². The van der Waals surface area contributed by atoms with Gasteiger partial charge in [0.15, 0.2) is 5.82 Å². The number of H-pyrrole nitrogens is 1. The highest BCUT2D eigenvalue weighted by Crippen LogP contribution is 2.30. The summed E-state index contributed by atoms with van der Waals surface area (Å²) >= 11 is 0. The van der Waals surface area contributed by atoms with E-state index in [4.69, 9.17) is 14.7 Å². The van der Waals surface area contributed by atoms with E-state index in [1.807, 2.05) is 61.8 Å². The summed E-state index contributed by atoms with van der Waals surface area (Å²) in [5.74, 6) is 0.725. The Labute approximate surface area is 231 Å². The summed E-state index contributed by atoms with van der Waals surface area (Å²) in [5.41, 5.74) is 9.54. The third-order valence-corrected chi connectivity index (χ3v) is 7.05. The molecule has 7 rings (SSSR count). The standard InChI is InChI=1S/C31H28N8O/c1-20-16-22(8-10-32-20)35-21-2-5-28-30(17-21)38-31(37-28)29-6-3-23(19-34-29)36-27-9-11-33-26-7-4-24(18-25(26)27)39-12-14-40-15-13-39/h2-11,16-19H,12-15H2,1H3,(H,32,35)(H,33,36)(H,37,38). The molecule has 9 heteroatoms. The van der Waals surface area contributed by atoms with E-state index in [2.05, 4.69) is 54.8 Å². The Bertz CT molecular complexity index is 1810. The summed E-state index contributed by atoms with van der Waals surface area (Å²) in [6, 6.07) is 22.4. The van der Waals surface area contributed by atoms with Crippen LogP contribution in [0, 0.1) is 6.92 Å². The second-order valence-electron chi connectivity index (χ2n) is 9.84. The molecule has 5 heterocycles. The smallest absolute Gasteiger partial charge is 0.157 e. The fourth-order valence-corrected chi connectivity index (χ4v) is 5.02. The molecular formula is C31H28N8O. The van der Waals surface area contributed by atoms with E-state index in [1.165, 1.54) is 5.69 Å². The zero-order valence-electron chi connectivity index (χ0n) is 22.1. The molecule has 3 N–H and O–H groups in total. The number of aromatic nitrogens is 5. The fourth-order valence-electron chi connectivity index (χ4n) is 5.02. The molecular weight excluding hydrogens is 500 g/mol. The molecule has 1 aliphatic rings. The van der Waals surface area contributed by atoms with Crippen LogP contribution in [0.4, 0.5) is 28.4 Å². The molecule has 0 radical (unpaired) electrons. The first-order valence-corrected chi connectivity index (χ1v) is 13.3. The summed E-state index contributed by atoms with van der Waals surface area (Å²) in [6.45, 7) is 5.27. The highest BCUT2D eigenvalue weighted by Gasteiger charge is 2.13. The Kier molecular flexibility index (Phi) is 6.18. The Balaban J connectivity index is 1.11. The molecule has 0 unspecified atom stereocenters. The largest absolute Gasteiger partial charge is 0.378 e. The molecule has 0 atom stereocenters. The molecule has 1 saturated heterocycles. The van der Waals surface area contributed by atoms with Crippen molar-refractivity contribution in [3.63, 3.8) is 0 Å². The normalized spacial score (nSPS) is 13.6. The second-order valence-corrected chi connectivity index (χ2v) is 9.84. The highest BCUT2D eigenvalue weighted by atomic mass is 16.5. The summed E-state index contributed by atoms with van der Waals surface area (Å²) in [6.07, 6.45) is 5.46. The molecule has 1 fully saturated rings. The molecule has 2 aromatic carbocycles. The molecule has 0 aliphatic carbocycles. The molecule has 6 aromatic rings. The number of aromatic amines is 1. The van der Waals surface area contributed by atoms with Crippen molar-refractivity contribution < 1.29 is 4.74 Å². The molecule has 0 spiro atoms. The number of nitrogens with one attached hydrogen (secondary N) is 3. The summed E-state index contributed by atoms with van der Waals surface area (Å²) in [4.78, 5) is 24.0. The van der Waals surface area contributed by atoms with Gasteiger partial charge in [-0.1, -0.05) is 0 Å². The van der Waals surface area contributed by atoms with Crippen molar-refractivity contribution >= 4 is 50.4 Å². The van der Waals surface area contributed by atoms with Crippen LogP contribution in [0.3, 0.4) is 0 Å². The quantitative estimate of drug-likeness (QED) is 0.235. The van der Waals surface area contributed by atoms with Crippen LogP contribution >= 0.6 is 0 Å². The van der Waals surface area contributed by atoms with Crippen LogP contribution in [0.5, 0.6) is 0 Å². The maximum atomic E-state index is 5.52. The lowest BCUT2D eigenvalue weighted by molar-refractivity contribution is 0.122. The van der Waals surface area contributed by atoms with Crippen molar-refractivity contribution in [2.45, 2.75) is 6.92 Å². The number of aryl methyl sites for hydroxylation is 1. The van der Waals surface area contributed by atoms with Crippen molar-refractivity contribution in [1.29, 1.82) is 0 Å². The number of hydrogen-bond acceptors (Lipinski definition) is 8. The zero-order chi connectivity index (χ0) is 26.9. The maximum Gasteiger partial charge on any atom is 0.157 e. The monoisotopic (exact) mass is 528 g/mol. The third-order valence-electron chi connectivity index (χ3n) is 7.05. The van der Waals surface area contributed by atoms with Crippen LogP contribution in [0.25, 0.3) is 33.5 Å². The number of ether oxygens (including phenoxy) is 1. The SMILES string of the molecule is Cc1cc(Nc2ccc3nc(-c4ccc(Nc5ccnc6ccc(N7CCOCC7)cc56)cn4)[nH]c3c2)ccn1. The lowest BCUT2D eigenvalue weighted by atomic mass is 10.1. The van der Waals surface area contributed by atoms with E-state index >= 15 is 0 Å². The first kappa shape index (κ1) is 24.1. The number of hydrogen-bond donors (Lipinski definition) is 3. The minimum Gasteiger partial charge on any atom is -0.378 e. The van der Waals surface area contributed by atoms with Crippen LogP contribution in [0.1, 0.15) is 5.69 Å². The predicted molar refractivity (Wildman–Crippen MR) is 160 cm³/mol. The van der Waals surface area contributed by atoms with E-state index in [1.54, 1.807) is 6.20 Å². The van der Waals surface area contributed by atoms with Gasteiger partial charge in [0.1, 0.15) is 5.69 Å². The zero-order valence-corrected chi connectivity index (χ0v) is 22.1. The van der Waals surface area contributed by atoms with E-state index in [-0.39, 0.29) is 0 Å². The van der Waals surface area contributed by atoms with Gasteiger partial charge in [-0.15, -0.1) is 0 Å². The van der Waals surface area contributed by atoms with Gasteiger partial charge >= 0.3 is 0 Å². The predicted octanol–water partition coefficient (Wildman–Crippen LogP) is 6.20. The van der Waals surface area contributed by atoms with Crippen LogP contribution in [0.15, 0.2) is 85.3 Å². The van der Waals surface area contributed by atoms with Crippen LogP contribution in [-0.2, 0) is 4.74 Å². The average molecular weight is 529 g/mol. The van der Waals surface area contributed by atoms with E-state index < -0.39 is 0 Å². The third kappa shape index (κ3) is 4.90. The molecule has 198 valence electrons. The lowest BCUT2D eigenvalue weighted by Crippen LogP contribution is -2.36. The van der Waals surface area contributed by atoms with Gasteiger partial charge in [-0.2, -0.15) is 0 Å². The molecule has 0 amide bonds. The molecule has 0 saturated carbocycles. The van der Waals surface area contributed by atoms with Gasteiger partial charge in [-0.3, -0.25) is 15.0 Å². The number of anilines is 5. The van der Waals surface area contributed by atoms with Gasteiger partial charge < -0.3 is 25.3 Å². The van der Waals surface area contributed by atoms with Crippen molar-refractivity contribution in [2.75, 3.05) is 41.8 Å². The van der Waals surface area contributed by atoms with E-state index in [9.17, 15) is 0 Å². The Hall–Kier alpha value is -5.02. The Morgan fingerprint density at radius 2 is 1.60 bits per heavy atom. The number of nitrogens with zero attached hydrogens (tertiary/aromatic N) is 5. The van der Waals surface area contributed by atoms with Crippen LogP contribution < -0.4 is 15.5 Å². The Morgan fingerprint density at radius 1 is 0.775 bits per heavy atom. The van der Waals surface area contributed by atoms with E-state index in [0.29, 0.717) is 0 Å². The number of rotatable bonds is 6. The highest BCUT2D eigenvalue weighted by molar-refractivity contribution is 5.95. The van der Waals surface area contributed by atoms with Gasteiger partial charge in [0.05, 0.1) is 41.6 Å². The number of benzene rings is 2. The summed E-state index contributed by atoms with van der Waals surface area (Å²) in [7, 11) is 0. The number of imidazole rings is 1. The first-order valence-electron chi connectivity index (χ1n) is 13.3. The maximum absolute atomic E-state index is 5.52. The first-order chi connectivity index (χ1) is 19.7. The van der Waals surface area contributed by atoms with Gasteiger partial charge in [0.25, 0.3) is 0 Å². The summed E-state index contributed by atoms with van der Waals surface area (Å²) in [5, 5.41) is 8.02. The lowest BCUT2D eigenvalue weighted by Gasteiger charge is -2.29. The molecule has 0 bridgehead atoms. The topological polar surface area (TPSA) is 104 Å². The summed E-state index contributed by atoms with van der Waals surface area (Å²) < 4.78 is 5.52. The van der Waals surface area contributed by atoms with Gasteiger partial charge in [-0.05, 0) is 73.7 Å². The molecule has 1 aliphatic heterocycles. The number of fused-ring (bicyclic) bond motifs is 2.